The zero-order valence-electron chi connectivity index (χ0n) is 15.8. The van der Waals surface area contributed by atoms with Crippen LogP contribution >= 0.6 is 11.3 Å². The lowest BCUT2D eigenvalue weighted by atomic mass is 10.1. The van der Waals surface area contributed by atoms with Crippen LogP contribution in [0.5, 0.6) is 0 Å². The first kappa shape index (κ1) is 18.1. The largest absolute Gasteiger partial charge is 0.344 e. The summed E-state index contributed by atoms with van der Waals surface area (Å²) in [5.74, 6) is 0. The number of hydrogen-bond donors (Lipinski definition) is 0. The lowest BCUT2D eigenvalue weighted by Gasteiger charge is -2.41. The number of aromatic nitrogens is 3. The summed E-state index contributed by atoms with van der Waals surface area (Å²) in [6.07, 6.45) is 1.85. The van der Waals surface area contributed by atoms with Gasteiger partial charge in [0.15, 0.2) is 0 Å². The maximum atomic E-state index is 12.3. The van der Waals surface area contributed by atoms with E-state index in [4.69, 9.17) is 0 Å². The van der Waals surface area contributed by atoms with Gasteiger partial charge < -0.3 is 4.90 Å². The highest BCUT2D eigenvalue weighted by Gasteiger charge is 2.28. The fourth-order valence-electron chi connectivity index (χ4n) is 3.64. The fourth-order valence-corrected chi connectivity index (χ4v) is 4.60. The number of hydrogen-bond acceptors (Lipinski definition) is 6. The Hall–Kier alpha value is -2.25. The molecule has 142 valence electrons. The van der Waals surface area contributed by atoms with E-state index >= 15 is 0 Å². The molecular weight excluding hydrogens is 358 g/mol. The number of anilines is 1. The molecule has 3 heterocycles. The average Bonchev–Trinajstić information content (AvgIpc) is 3.14. The highest BCUT2D eigenvalue weighted by molar-refractivity contribution is 7.20. The molecule has 1 unspecified atom stereocenters. The van der Waals surface area contributed by atoms with Crippen molar-refractivity contribution in [2.45, 2.75) is 39.3 Å². The number of aryl methyl sites for hydroxylation is 1. The number of nitrogens with zero attached hydrogens (tertiary/aromatic N) is 5. The summed E-state index contributed by atoms with van der Waals surface area (Å²) >= 11 is 1.51. The minimum Gasteiger partial charge on any atom is -0.344 e. The first-order valence-electron chi connectivity index (χ1n) is 9.60. The van der Waals surface area contributed by atoms with Crippen molar-refractivity contribution in [2.75, 3.05) is 24.5 Å². The standard InChI is InChI=1S/C20H25N5OS/c1-3-16-12-18(26)25-19(21-16)27-20(22-25)24-11-10-23(17(4-2)14-24)13-15-8-6-5-7-9-15/h5-9,12,17H,3-4,10-11,13-14H2,1-2H3. The van der Waals surface area contributed by atoms with E-state index in [1.807, 2.05) is 6.92 Å². The van der Waals surface area contributed by atoms with Gasteiger partial charge >= 0.3 is 0 Å². The van der Waals surface area contributed by atoms with Gasteiger partial charge in [0.25, 0.3) is 5.56 Å². The molecule has 0 N–H and O–H groups in total. The van der Waals surface area contributed by atoms with E-state index in [2.05, 4.69) is 57.1 Å². The van der Waals surface area contributed by atoms with Gasteiger partial charge in [0.2, 0.25) is 10.1 Å². The van der Waals surface area contributed by atoms with Gasteiger partial charge in [-0.1, -0.05) is 55.5 Å². The zero-order chi connectivity index (χ0) is 18.8. The Morgan fingerprint density at radius 3 is 2.74 bits per heavy atom. The highest BCUT2D eigenvalue weighted by Crippen LogP contribution is 2.26. The van der Waals surface area contributed by atoms with Crippen molar-refractivity contribution in [1.82, 2.24) is 19.5 Å². The predicted molar refractivity (Wildman–Crippen MR) is 110 cm³/mol. The normalized spacial score (nSPS) is 18.3. The smallest absolute Gasteiger partial charge is 0.275 e. The highest BCUT2D eigenvalue weighted by atomic mass is 32.1. The van der Waals surface area contributed by atoms with Crippen LogP contribution in [0.15, 0.2) is 41.2 Å². The molecule has 1 aromatic carbocycles. The zero-order valence-corrected chi connectivity index (χ0v) is 16.7. The van der Waals surface area contributed by atoms with Crippen molar-refractivity contribution in [2.24, 2.45) is 0 Å². The van der Waals surface area contributed by atoms with Crippen LogP contribution in [0.25, 0.3) is 4.96 Å². The molecule has 27 heavy (non-hydrogen) atoms. The molecule has 0 spiro atoms. The summed E-state index contributed by atoms with van der Waals surface area (Å²) in [6, 6.07) is 12.7. The minimum absolute atomic E-state index is 0.0888. The molecule has 0 bridgehead atoms. The summed E-state index contributed by atoms with van der Waals surface area (Å²) < 4.78 is 1.44. The van der Waals surface area contributed by atoms with E-state index < -0.39 is 0 Å². The summed E-state index contributed by atoms with van der Waals surface area (Å²) in [7, 11) is 0. The molecule has 6 nitrogen and oxygen atoms in total. The van der Waals surface area contributed by atoms with Crippen LogP contribution in [0.1, 0.15) is 31.5 Å². The Balaban J connectivity index is 1.53. The van der Waals surface area contributed by atoms with Crippen LogP contribution in [0.2, 0.25) is 0 Å². The van der Waals surface area contributed by atoms with Crippen molar-refractivity contribution in [3.63, 3.8) is 0 Å². The molecule has 1 aliphatic rings. The molecule has 0 radical (unpaired) electrons. The van der Waals surface area contributed by atoms with Gasteiger partial charge in [-0.05, 0) is 18.4 Å². The van der Waals surface area contributed by atoms with Crippen molar-refractivity contribution < 1.29 is 0 Å². The fraction of sp³-hybridized carbons (Fsp3) is 0.450. The van der Waals surface area contributed by atoms with Gasteiger partial charge in [0, 0.05) is 44.0 Å². The van der Waals surface area contributed by atoms with Crippen molar-refractivity contribution in [3.05, 3.63) is 58.0 Å². The predicted octanol–water partition coefficient (Wildman–Crippen LogP) is 2.81. The van der Waals surface area contributed by atoms with Gasteiger partial charge in [0.05, 0.1) is 0 Å². The molecular formula is C20H25N5OS. The van der Waals surface area contributed by atoms with E-state index in [0.29, 0.717) is 11.0 Å². The maximum Gasteiger partial charge on any atom is 0.275 e. The number of rotatable bonds is 5. The summed E-state index contributed by atoms with van der Waals surface area (Å²) in [5.41, 5.74) is 2.09. The van der Waals surface area contributed by atoms with Gasteiger partial charge in [-0.2, -0.15) is 4.52 Å². The van der Waals surface area contributed by atoms with Gasteiger partial charge in [-0.15, -0.1) is 5.10 Å². The van der Waals surface area contributed by atoms with Gasteiger partial charge in [-0.3, -0.25) is 9.69 Å². The molecule has 0 amide bonds. The molecule has 1 fully saturated rings. The average molecular weight is 384 g/mol. The first-order chi connectivity index (χ1) is 13.2. The summed E-state index contributed by atoms with van der Waals surface area (Å²) in [4.78, 5) is 22.4. The van der Waals surface area contributed by atoms with E-state index in [1.54, 1.807) is 6.07 Å². The Bertz CT molecular complexity index is 967. The Morgan fingerprint density at radius 1 is 1.19 bits per heavy atom. The van der Waals surface area contributed by atoms with E-state index in [0.717, 1.165) is 49.8 Å². The molecule has 7 heteroatoms. The number of benzene rings is 1. The second-order valence-electron chi connectivity index (χ2n) is 6.98. The van der Waals surface area contributed by atoms with Crippen LogP contribution < -0.4 is 10.5 Å². The minimum atomic E-state index is -0.0888. The van der Waals surface area contributed by atoms with Gasteiger partial charge in [-0.25, -0.2) is 4.98 Å². The Labute approximate surface area is 163 Å². The molecule has 1 aliphatic heterocycles. The lowest BCUT2D eigenvalue weighted by Crippen LogP contribution is -2.52. The second-order valence-corrected chi connectivity index (χ2v) is 7.92. The number of fused-ring (bicyclic) bond motifs is 1. The van der Waals surface area contributed by atoms with Crippen LogP contribution in [0.4, 0.5) is 5.13 Å². The number of piperazine rings is 1. The molecule has 0 saturated carbocycles. The van der Waals surface area contributed by atoms with Crippen LogP contribution in [0, 0.1) is 0 Å². The maximum absolute atomic E-state index is 12.3. The molecule has 1 atom stereocenters. The molecule has 1 saturated heterocycles. The molecule has 4 rings (SSSR count). The monoisotopic (exact) mass is 383 g/mol. The van der Waals surface area contributed by atoms with Gasteiger partial charge in [0.1, 0.15) is 0 Å². The van der Waals surface area contributed by atoms with E-state index in [9.17, 15) is 4.79 Å². The molecule has 3 aromatic rings. The summed E-state index contributed by atoms with van der Waals surface area (Å²) in [5, 5.41) is 5.45. The van der Waals surface area contributed by atoms with E-state index in [-0.39, 0.29) is 5.56 Å². The first-order valence-corrected chi connectivity index (χ1v) is 10.4. The Kier molecular flexibility index (Phi) is 5.22. The van der Waals surface area contributed by atoms with Crippen molar-refractivity contribution in [1.29, 1.82) is 0 Å². The van der Waals surface area contributed by atoms with E-state index in [1.165, 1.54) is 21.4 Å². The summed E-state index contributed by atoms with van der Waals surface area (Å²) in [6.45, 7) is 8.07. The lowest BCUT2D eigenvalue weighted by molar-refractivity contribution is 0.163. The topological polar surface area (TPSA) is 53.7 Å². The third-order valence-electron chi connectivity index (χ3n) is 5.22. The van der Waals surface area contributed by atoms with Crippen LogP contribution in [-0.2, 0) is 13.0 Å². The quantitative estimate of drug-likeness (QED) is 0.678. The Morgan fingerprint density at radius 2 is 2.00 bits per heavy atom. The van der Waals surface area contributed by atoms with Crippen LogP contribution in [0.3, 0.4) is 0 Å². The third kappa shape index (κ3) is 3.75. The SMILES string of the molecule is CCc1cc(=O)n2nc(N3CCN(Cc4ccccc4)C(CC)C3)sc2n1. The second kappa shape index (κ2) is 7.78. The molecule has 2 aromatic heterocycles. The van der Waals surface area contributed by atoms with Crippen molar-refractivity contribution in [3.8, 4) is 0 Å². The van der Waals surface area contributed by atoms with Crippen molar-refractivity contribution >= 4 is 21.4 Å². The third-order valence-corrected chi connectivity index (χ3v) is 6.19. The van der Waals surface area contributed by atoms with Crippen LogP contribution in [-0.4, -0.2) is 45.2 Å². The molecule has 0 aliphatic carbocycles.